The molecular weight excluding hydrogens is 508 g/mol. The number of halogens is 1. The van der Waals surface area contributed by atoms with Crippen molar-refractivity contribution >= 4 is 27.9 Å². The van der Waals surface area contributed by atoms with Crippen LogP contribution in [0.1, 0.15) is 74.1 Å². The maximum absolute atomic E-state index is 12.8. The molecule has 0 unspecified atom stereocenters. The summed E-state index contributed by atoms with van der Waals surface area (Å²) in [6.07, 6.45) is 8.32. The summed E-state index contributed by atoms with van der Waals surface area (Å²) in [7, 11) is 1.50. The average Bonchev–Trinajstić information content (AvgIpc) is 3.29. The first kappa shape index (κ1) is 25.7. The topological polar surface area (TPSA) is 65.7 Å². The summed E-state index contributed by atoms with van der Waals surface area (Å²) in [4.78, 5) is 25.2. The summed E-state index contributed by atoms with van der Waals surface area (Å²) in [5.74, 6) is 0.826. The van der Waals surface area contributed by atoms with Gasteiger partial charge in [-0.05, 0) is 98.6 Å². The summed E-state index contributed by atoms with van der Waals surface area (Å²) in [5, 5.41) is 0. The molecule has 2 fully saturated rings. The fraction of sp³-hybridized carbons (Fsp3) is 0.517. The Morgan fingerprint density at radius 1 is 1.17 bits per heavy atom. The van der Waals surface area contributed by atoms with Crippen LogP contribution in [0, 0.1) is 22.7 Å². The number of carbonyl (C=O) groups excluding carboxylic acids is 2. The van der Waals surface area contributed by atoms with Crippen molar-refractivity contribution in [2.75, 3.05) is 7.11 Å². The zero-order valence-corrected chi connectivity index (χ0v) is 22.5. The van der Waals surface area contributed by atoms with Gasteiger partial charge in [0.1, 0.15) is 12.4 Å². The summed E-state index contributed by atoms with van der Waals surface area (Å²) in [5.41, 5.74) is 2.41. The molecule has 4 atom stereocenters. The molecular formula is C29H35BrO5. The van der Waals surface area contributed by atoms with Gasteiger partial charge in [0.25, 0.3) is 0 Å². The van der Waals surface area contributed by atoms with Crippen molar-refractivity contribution in [3.8, 4) is 0 Å². The summed E-state index contributed by atoms with van der Waals surface area (Å²) in [6.45, 7) is 9.00. The molecule has 6 heteroatoms. The van der Waals surface area contributed by atoms with Crippen molar-refractivity contribution in [3.63, 3.8) is 0 Å². The van der Waals surface area contributed by atoms with Gasteiger partial charge in [-0.2, -0.15) is 0 Å². The molecule has 4 rings (SSSR count). The maximum Gasteiger partial charge on any atom is 0.338 e. The lowest BCUT2D eigenvalue weighted by atomic mass is 9.46. The fourth-order valence-electron chi connectivity index (χ4n) is 6.78. The highest BCUT2D eigenvalue weighted by atomic mass is 79.9. The molecule has 5 nitrogen and oxygen atoms in total. The molecule has 1 aromatic carbocycles. The fourth-order valence-corrected chi connectivity index (χ4v) is 7.04. The minimum Gasteiger partial charge on any atom is -0.469 e. The van der Waals surface area contributed by atoms with Gasteiger partial charge in [0.05, 0.1) is 24.4 Å². The molecule has 1 heterocycles. The lowest BCUT2D eigenvalue weighted by Crippen LogP contribution is -2.53. The van der Waals surface area contributed by atoms with Crippen molar-refractivity contribution in [1.29, 1.82) is 0 Å². The minimum atomic E-state index is -0.442. The van der Waals surface area contributed by atoms with Crippen LogP contribution in [-0.4, -0.2) is 19.0 Å². The van der Waals surface area contributed by atoms with Crippen LogP contribution in [-0.2, 0) is 27.3 Å². The molecule has 0 radical (unpaired) electrons. The van der Waals surface area contributed by atoms with Gasteiger partial charge in [0.2, 0.25) is 0 Å². The van der Waals surface area contributed by atoms with E-state index >= 15 is 0 Å². The van der Waals surface area contributed by atoms with Crippen LogP contribution < -0.4 is 0 Å². The second kappa shape index (κ2) is 10.3. The SMILES string of the molecule is C=C1CC[C@H]2[C@](C)(CCC[C@]2(C)C(=O)OC)[C@H]1CCc1ccoc1COC(=O)c1ccc(Br)cc1. The second-order valence-electron chi connectivity index (χ2n) is 10.6. The van der Waals surface area contributed by atoms with Crippen molar-refractivity contribution in [3.05, 3.63) is 70.1 Å². The number of esters is 2. The molecule has 2 saturated carbocycles. The summed E-state index contributed by atoms with van der Waals surface area (Å²) in [6, 6.07) is 9.06. The van der Waals surface area contributed by atoms with Crippen LogP contribution >= 0.6 is 15.9 Å². The molecule has 0 N–H and O–H groups in total. The number of allylic oxidation sites excluding steroid dienone is 1. The van der Waals surface area contributed by atoms with Gasteiger partial charge in [-0.1, -0.05) is 41.4 Å². The van der Waals surface area contributed by atoms with E-state index in [-0.39, 0.29) is 29.9 Å². The van der Waals surface area contributed by atoms with E-state index in [2.05, 4.69) is 36.4 Å². The van der Waals surface area contributed by atoms with E-state index < -0.39 is 5.41 Å². The van der Waals surface area contributed by atoms with Gasteiger partial charge >= 0.3 is 11.9 Å². The second-order valence-corrected chi connectivity index (χ2v) is 11.5. The van der Waals surface area contributed by atoms with Gasteiger partial charge in [-0.25, -0.2) is 4.79 Å². The Balaban J connectivity index is 1.44. The zero-order chi connectivity index (χ0) is 25.2. The number of furan rings is 1. The van der Waals surface area contributed by atoms with Crippen LogP contribution in [0.3, 0.4) is 0 Å². The number of hydrogen-bond acceptors (Lipinski definition) is 5. The predicted octanol–water partition coefficient (Wildman–Crippen LogP) is 7.28. The molecule has 1 aromatic heterocycles. The molecule has 0 amide bonds. The van der Waals surface area contributed by atoms with Crippen LogP contribution in [0.25, 0.3) is 0 Å². The van der Waals surface area contributed by atoms with E-state index in [4.69, 9.17) is 13.9 Å². The third-order valence-electron chi connectivity index (χ3n) is 8.63. The van der Waals surface area contributed by atoms with Gasteiger partial charge in [0, 0.05) is 4.47 Å². The van der Waals surface area contributed by atoms with E-state index in [9.17, 15) is 9.59 Å². The third-order valence-corrected chi connectivity index (χ3v) is 9.15. The Kier molecular flexibility index (Phi) is 7.60. The monoisotopic (exact) mass is 542 g/mol. The largest absolute Gasteiger partial charge is 0.469 e. The Hall–Kier alpha value is -2.34. The zero-order valence-electron chi connectivity index (χ0n) is 20.9. The van der Waals surface area contributed by atoms with Gasteiger partial charge in [-0.15, -0.1) is 0 Å². The number of ether oxygens (including phenoxy) is 2. The van der Waals surface area contributed by atoms with E-state index in [1.807, 2.05) is 18.2 Å². The first-order valence-electron chi connectivity index (χ1n) is 12.4. The number of hydrogen-bond donors (Lipinski definition) is 0. The standard InChI is InChI=1S/C29H35BrO5/c1-19-6-13-25-28(2,15-5-16-29(25,3)27(32)33-4)23(19)12-9-20-14-17-34-24(20)18-35-26(31)21-7-10-22(30)11-8-21/h7-8,10-11,14,17,23,25H,1,5-6,9,12-13,15-16,18H2,2-4H3/t23-,25-,28+,29-/m0/s1. The molecule has 2 aromatic rings. The lowest BCUT2D eigenvalue weighted by molar-refractivity contribution is -0.168. The van der Waals surface area contributed by atoms with E-state index in [1.165, 1.54) is 12.7 Å². The molecule has 0 saturated heterocycles. The molecule has 0 aliphatic heterocycles. The normalized spacial score (nSPS) is 28.3. The molecule has 0 bridgehead atoms. The maximum atomic E-state index is 12.8. The number of fused-ring (bicyclic) bond motifs is 1. The highest BCUT2D eigenvalue weighted by Gasteiger charge is 2.57. The van der Waals surface area contributed by atoms with E-state index in [0.29, 0.717) is 17.2 Å². The lowest BCUT2D eigenvalue weighted by Gasteiger charge is -2.57. The first-order chi connectivity index (χ1) is 16.7. The van der Waals surface area contributed by atoms with E-state index in [1.54, 1.807) is 18.4 Å². The van der Waals surface area contributed by atoms with Gasteiger partial charge in [-0.3, -0.25) is 4.79 Å². The van der Waals surface area contributed by atoms with Crippen LogP contribution in [0.2, 0.25) is 0 Å². The van der Waals surface area contributed by atoms with Gasteiger partial charge in [0.15, 0.2) is 0 Å². The molecule has 2 aliphatic carbocycles. The Labute approximate surface area is 216 Å². The highest BCUT2D eigenvalue weighted by Crippen LogP contribution is 2.62. The Morgan fingerprint density at radius 3 is 2.63 bits per heavy atom. The van der Waals surface area contributed by atoms with Crippen LogP contribution in [0.4, 0.5) is 0 Å². The van der Waals surface area contributed by atoms with Crippen molar-refractivity contribution in [1.82, 2.24) is 0 Å². The number of benzene rings is 1. The number of methoxy groups -OCH3 is 1. The molecule has 2 aliphatic rings. The summed E-state index contributed by atoms with van der Waals surface area (Å²) < 4.78 is 17.4. The quantitative estimate of drug-likeness (QED) is 0.271. The molecule has 35 heavy (non-hydrogen) atoms. The van der Waals surface area contributed by atoms with Crippen molar-refractivity contribution in [2.24, 2.45) is 22.7 Å². The number of aryl methyl sites for hydroxylation is 1. The van der Waals surface area contributed by atoms with Crippen LogP contribution in [0.5, 0.6) is 0 Å². The molecule has 188 valence electrons. The van der Waals surface area contributed by atoms with Gasteiger partial charge < -0.3 is 13.9 Å². The Bertz CT molecular complexity index is 1090. The van der Waals surface area contributed by atoms with Crippen molar-refractivity contribution in [2.45, 2.75) is 65.4 Å². The molecule has 0 spiro atoms. The predicted molar refractivity (Wildman–Crippen MR) is 138 cm³/mol. The smallest absolute Gasteiger partial charge is 0.338 e. The first-order valence-corrected chi connectivity index (χ1v) is 13.2. The average molecular weight is 543 g/mol. The summed E-state index contributed by atoms with van der Waals surface area (Å²) >= 11 is 3.37. The number of carbonyl (C=O) groups is 2. The van der Waals surface area contributed by atoms with Crippen LogP contribution in [0.15, 0.2) is 57.6 Å². The minimum absolute atomic E-state index is 0.00840. The number of rotatable bonds is 7. The highest BCUT2D eigenvalue weighted by molar-refractivity contribution is 9.10. The van der Waals surface area contributed by atoms with E-state index in [0.717, 1.165) is 55.0 Å². The third kappa shape index (κ3) is 5.00. The van der Waals surface area contributed by atoms with Crippen molar-refractivity contribution < 1.29 is 23.5 Å². The Morgan fingerprint density at radius 2 is 1.91 bits per heavy atom.